The molecule has 5 rings (SSSR count). The molecule has 9 heteroatoms. The van der Waals surface area contributed by atoms with Crippen molar-refractivity contribution >= 4 is 35.0 Å². The van der Waals surface area contributed by atoms with Crippen LogP contribution in [0.5, 0.6) is 5.75 Å². The van der Waals surface area contributed by atoms with Crippen LogP contribution in [-0.4, -0.2) is 40.8 Å². The highest BCUT2D eigenvalue weighted by atomic mass is 32.2. The number of ether oxygens (including phenoxy) is 1. The molecule has 0 atom stereocenters. The van der Waals surface area contributed by atoms with Gasteiger partial charge in [-0.3, -0.25) is 14.6 Å². The minimum atomic E-state index is -0.817. The van der Waals surface area contributed by atoms with Gasteiger partial charge in [0.25, 0.3) is 5.91 Å². The lowest BCUT2D eigenvalue weighted by atomic mass is 10.0. The Morgan fingerprint density at radius 2 is 1.73 bits per heavy atom. The van der Waals surface area contributed by atoms with Crippen LogP contribution in [0.4, 0.5) is 15.8 Å². The van der Waals surface area contributed by atoms with E-state index in [0.29, 0.717) is 46.4 Å². The van der Waals surface area contributed by atoms with Gasteiger partial charge in [0.2, 0.25) is 0 Å². The molecule has 7 nitrogen and oxygen atoms in total. The molecule has 1 aromatic heterocycles. The number of rotatable bonds is 13. The first-order valence-electron chi connectivity index (χ1n) is 14.8. The van der Waals surface area contributed by atoms with Gasteiger partial charge in [-0.15, -0.1) is 0 Å². The van der Waals surface area contributed by atoms with Crippen molar-refractivity contribution in [1.82, 2.24) is 4.98 Å². The number of alkyl halides is 1. The fraction of sp³-hybridized carbons (Fsp3) is 0.286. The number of benzene rings is 3. The number of pyridine rings is 1. The molecule has 0 aliphatic carbocycles. The number of carbonyl (C=O) groups is 2. The summed E-state index contributed by atoms with van der Waals surface area (Å²) in [7, 11) is 0. The molecule has 44 heavy (non-hydrogen) atoms. The molecule has 1 aliphatic heterocycles. The van der Waals surface area contributed by atoms with Crippen molar-refractivity contribution in [2.75, 3.05) is 29.1 Å². The molecular formula is C35H36FN3O4S. The Balaban J connectivity index is 1.37. The van der Waals surface area contributed by atoms with Crippen molar-refractivity contribution in [3.63, 3.8) is 0 Å². The fourth-order valence-electron chi connectivity index (χ4n) is 5.17. The van der Waals surface area contributed by atoms with Gasteiger partial charge in [-0.2, -0.15) is 11.8 Å². The van der Waals surface area contributed by atoms with E-state index in [9.17, 15) is 14.0 Å². The molecule has 1 aliphatic rings. The lowest BCUT2D eigenvalue weighted by molar-refractivity contribution is -0.136. The third kappa shape index (κ3) is 8.60. The summed E-state index contributed by atoms with van der Waals surface area (Å²) in [5, 5.41) is 12.0. The van der Waals surface area contributed by atoms with Crippen LogP contribution in [0.2, 0.25) is 0 Å². The largest absolute Gasteiger partial charge is 0.489 e. The lowest BCUT2D eigenvalue weighted by Gasteiger charge is -2.29. The van der Waals surface area contributed by atoms with Gasteiger partial charge < -0.3 is 20.1 Å². The van der Waals surface area contributed by atoms with Gasteiger partial charge in [0.1, 0.15) is 19.0 Å². The maximum atomic E-state index is 13.5. The van der Waals surface area contributed by atoms with Crippen molar-refractivity contribution in [2.45, 2.75) is 44.7 Å². The number of hydrogen-bond donors (Lipinski definition) is 2. The number of nitrogens with zero attached hydrogens (tertiary/aromatic N) is 2. The van der Waals surface area contributed by atoms with E-state index in [1.807, 2.05) is 48.5 Å². The number of aliphatic carboxylic acids is 1. The fourth-order valence-corrected chi connectivity index (χ4v) is 6.04. The Hall–Kier alpha value is -4.37. The number of aromatic nitrogens is 1. The normalized spacial score (nSPS) is 13.0. The summed E-state index contributed by atoms with van der Waals surface area (Å²) in [6, 6.07) is 24.4. The molecule has 1 saturated heterocycles. The Morgan fingerprint density at radius 3 is 2.55 bits per heavy atom. The van der Waals surface area contributed by atoms with Crippen molar-refractivity contribution in [1.29, 1.82) is 0 Å². The Labute approximate surface area is 261 Å². The summed E-state index contributed by atoms with van der Waals surface area (Å²) in [6.07, 6.45) is 5.30. The van der Waals surface area contributed by atoms with Crippen molar-refractivity contribution in [2.24, 2.45) is 0 Å². The number of carboxylic acid groups (broad SMARTS) is 1. The van der Waals surface area contributed by atoms with Crippen LogP contribution in [0.15, 0.2) is 85.1 Å². The Morgan fingerprint density at radius 1 is 0.932 bits per heavy atom. The van der Waals surface area contributed by atoms with Gasteiger partial charge in [-0.05, 0) is 78.4 Å². The standard InChI is InChI=1S/C35H36FN3O4S/c36-22-25-6-4-7-26(18-25)23-43-30-12-14-37-33(21-30)31-20-29(39-15-2-1-3-16-39)10-11-32(31)38-35(42)28-9-5-8-27(19-28)24-44-17-13-34(40)41/h4-12,14,18-21H,1-3,13,15-17,22-24H2,(H,38,42)(H,40,41). The molecule has 4 aromatic rings. The highest BCUT2D eigenvalue weighted by Crippen LogP contribution is 2.34. The number of halogens is 1. The molecule has 2 N–H and O–H groups in total. The zero-order valence-electron chi connectivity index (χ0n) is 24.5. The summed E-state index contributed by atoms with van der Waals surface area (Å²) >= 11 is 1.53. The van der Waals surface area contributed by atoms with E-state index in [0.717, 1.165) is 48.3 Å². The van der Waals surface area contributed by atoms with Gasteiger partial charge >= 0.3 is 5.97 Å². The maximum Gasteiger partial charge on any atom is 0.304 e. The summed E-state index contributed by atoms with van der Waals surface area (Å²) in [4.78, 5) is 31.3. The highest BCUT2D eigenvalue weighted by molar-refractivity contribution is 7.98. The minimum Gasteiger partial charge on any atom is -0.489 e. The van der Waals surface area contributed by atoms with E-state index < -0.39 is 12.6 Å². The van der Waals surface area contributed by atoms with E-state index in [1.165, 1.54) is 18.2 Å². The average molecular weight is 614 g/mol. The summed E-state index contributed by atoms with van der Waals surface area (Å²) in [5.74, 6) is 0.698. The molecule has 228 valence electrons. The third-order valence-corrected chi connectivity index (χ3v) is 8.48. The summed E-state index contributed by atoms with van der Waals surface area (Å²) in [6.45, 7) is 1.73. The van der Waals surface area contributed by atoms with Gasteiger partial charge in [-0.25, -0.2) is 4.39 Å². The second-order valence-corrected chi connectivity index (χ2v) is 11.9. The van der Waals surface area contributed by atoms with E-state index in [-0.39, 0.29) is 12.3 Å². The van der Waals surface area contributed by atoms with Crippen LogP contribution in [0.1, 0.15) is 52.7 Å². The second-order valence-electron chi connectivity index (χ2n) is 10.7. The third-order valence-electron chi connectivity index (χ3n) is 7.45. The topological polar surface area (TPSA) is 91.8 Å². The maximum absolute atomic E-state index is 13.5. The first-order valence-corrected chi connectivity index (χ1v) is 16.0. The number of carbonyl (C=O) groups excluding carboxylic acids is 1. The predicted octanol–water partition coefficient (Wildman–Crippen LogP) is 7.75. The van der Waals surface area contributed by atoms with Gasteiger partial charge in [0.15, 0.2) is 0 Å². The van der Waals surface area contributed by atoms with Gasteiger partial charge in [0.05, 0.1) is 17.8 Å². The van der Waals surface area contributed by atoms with E-state index in [2.05, 4.69) is 21.3 Å². The van der Waals surface area contributed by atoms with Gasteiger partial charge in [-0.1, -0.05) is 30.3 Å². The molecule has 1 amide bonds. The second kappa shape index (κ2) is 15.4. The monoisotopic (exact) mass is 613 g/mol. The SMILES string of the molecule is O=C(O)CCSCc1cccc(C(=O)Nc2ccc(N3CCCCC3)cc2-c2cc(OCc3cccc(CF)c3)ccn2)c1. The number of hydrogen-bond acceptors (Lipinski definition) is 6. The molecule has 0 saturated carbocycles. The van der Waals surface area contributed by atoms with Crippen LogP contribution in [-0.2, 0) is 23.8 Å². The lowest BCUT2D eigenvalue weighted by Crippen LogP contribution is -2.29. The van der Waals surface area contributed by atoms with Crippen LogP contribution in [0.25, 0.3) is 11.3 Å². The Kier molecular flexibility index (Phi) is 10.9. The minimum absolute atomic E-state index is 0.105. The number of anilines is 2. The number of nitrogens with one attached hydrogen (secondary N) is 1. The quantitative estimate of drug-likeness (QED) is 0.149. The number of piperidine rings is 1. The molecule has 2 heterocycles. The van der Waals surface area contributed by atoms with E-state index >= 15 is 0 Å². The zero-order chi connectivity index (χ0) is 30.7. The summed E-state index contributed by atoms with van der Waals surface area (Å²) < 4.78 is 19.2. The molecule has 0 spiro atoms. The van der Waals surface area contributed by atoms with Crippen molar-refractivity contribution in [3.8, 4) is 17.0 Å². The average Bonchev–Trinajstić information content (AvgIpc) is 3.06. The number of thioether (sulfide) groups is 1. The van der Waals surface area contributed by atoms with E-state index in [4.69, 9.17) is 9.84 Å². The first-order chi connectivity index (χ1) is 21.5. The molecule has 0 unspecified atom stereocenters. The van der Waals surface area contributed by atoms with Crippen molar-refractivity contribution in [3.05, 3.63) is 107 Å². The summed E-state index contributed by atoms with van der Waals surface area (Å²) in [5.41, 5.74) is 6.13. The molecular weight excluding hydrogens is 577 g/mol. The highest BCUT2D eigenvalue weighted by Gasteiger charge is 2.17. The number of amides is 1. The zero-order valence-corrected chi connectivity index (χ0v) is 25.3. The van der Waals surface area contributed by atoms with Crippen LogP contribution in [0.3, 0.4) is 0 Å². The van der Waals surface area contributed by atoms with Crippen LogP contribution >= 0.6 is 11.8 Å². The van der Waals surface area contributed by atoms with Gasteiger partial charge in [0, 0.05) is 53.7 Å². The van der Waals surface area contributed by atoms with Crippen LogP contribution < -0.4 is 15.0 Å². The van der Waals surface area contributed by atoms with E-state index in [1.54, 1.807) is 30.5 Å². The smallest absolute Gasteiger partial charge is 0.304 e. The first kappa shape index (κ1) is 31.1. The molecule has 3 aromatic carbocycles. The number of carboxylic acids is 1. The van der Waals surface area contributed by atoms with Crippen molar-refractivity contribution < 1.29 is 23.8 Å². The Bertz CT molecular complexity index is 1590. The molecule has 1 fully saturated rings. The van der Waals surface area contributed by atoms with Crippen LogP contribution in [0, 0.1) is 0 Å². The molecule has 0 bridgehead atoms. The predicted molar refractivity (Wildman–Crippen MR) is 174 cm³/mol. The molecule has 0 radical (unpaired) electrons.